The van der Waals surface area contributed by atoms with Crippen molar-refractivity contribution in [3.05, 3.63) is 105 Å². The molecule has 0 aliphatic rings. The monoisotopic (exact) mass is 492 g/mol. The van der Waals surface area contributed by atoms with Gasteiger partial charge in [0.05, 0.1) is 28.6 Å². The molecule has 3 aromatic heterocycles. The molecule has 0 aliphatic carbocycles. The van der Waals surface area contributed by atoms with E-state index >= 15 is 0 Å². The van der Waals surface area contributed by atoms with Crippen molar-refractivity contribution in [2.75, 3.05) is 0 Å². The Labute approximate surface area is 204 Å². The fourth-order valence-electron chi connectivity index (χ4n) is 3.75. The summed E-state index contributed by atoms with van der Waals surface area (Å²) >= 11 is 12.2. The number of furan rings is 1. The van der Waals surface area contributed by atoms with Gasteiger partial charge in [-0.3, -0.25) is 19.1 Å². The summed E-state index contributed by atoms with van der Waals surface area (Å²) in [5.74, 6) is -0.281. The van der Waals surface area contributed by atoms with Crippen LogP contribution in [0, 0.1) is 0 Å². The smallest absolute Gasteiger partial charge is 0.297 e. The van der Waals surface area contributed by atoms with Gasteiger partial charge in [0.2, 0.25) is 11.5 Å². The summed E-state index contributed by atoms with van der Waals surface area (Å²) in [6, 6.07) is 18.0. The van der Waals surface area contributed by atoms with Crippen LogP contribution in [0.4, 0.5) is 0 Å². The van der Waals surface area contributed by atoms with Crippen molar-refractivity contribution in [1.29, 1.82) is 0 Å². The van der Waals surface area contributed by atoms with Crippen molar-refractivity contribution in [1.82, 2.24) is 19.4 Å². The van der Waals surface area contributed by atoms with Crippen LogP contribution in [-0.2, 0) is 24.4 Å². The average Bonchev–Trinajstić information content (AvgIpc) is 3.23. The number of hydrogen-bond acceptors (Lipinski definition) is 5. The summed E-state index contributed by atoms with van der Waals surface area (Å²) in [5, 5.41) is 1.59. The fraction of sp³-hybridized carbons (Fsp3) is 0.120. The highest BCUT2D eigenvalue weighted by Gasteiger charge is 2.19. The number of carbonyl (C=O) groups is 1. The Balaban J connectivity index is 1.46. The summed E-state index contributed by atoms with van der Waals surface area (Å²) < 4.78 is 6.98. The summed E-state index contributed by atoms with van der Waals surface area (Å²) in [6.45, 7) is 0.323. The van der Waals surface area contributed by atoms with Crippen LogP contribution in [0.25, 0.3) is 22.1 Å². The fourth-order valence-corrected chi connectivity index (χ4v) is 4.07. The third-order valence-corrected chi connectivity index (χ3v) is 6.18. The number of aromatic nitrogens is 3. The molecule has 2 aromatic carbocycles. The topological polar surface area (TPSA) is 81.2 Å². The Morgan fingerprint density at radius 1 is 0.971 bits per heavy atom. The number of rotatable bonds is 6. The summed E-state index contributed by atoms with van der Waals surface area (Å²) in [4.78, 5) is 36.7. The second kappa shape index (κ2) is 9.29. The molecule has 0 unspecified atom stereocenters. The minimum atomic E-state index is -0.415. The molecule has 34 heavy (non-hydrogen) atoms. The van der Waals surface area contributed by atoms with Crippen molar-refractivity contribution in [2.24, 2.45) is 0 Å². The average molecular weight is 493 g/mol. The molecule has 0 N–H and O–H groups in total. The van der Waals surface area contributed by atoms with Gasteiger partial charge in [0.15, 0.2) is 0 Å². The van der Waals surface area contributed by atoms with Crippen LogP contribution in [-0.4, -0.2) is 25.3 Å². The second-order valence-corrected chi connectivity index (χ2v) is 8.59. The number of halogens is 2. The Morgan fingerprint density at radius 3 is 2.59 bits per heavy atom. The minimum Gasteiger partial charge on any atom is -0.448 e. The third kappa shape index (κ3) is 4.40. The predicted molar refractivity (Wildman–Crippen MR) is 131 cm³/mol. The molecular weight excluding hydrogens is 475 g/mol. The molecule has 3 heterocycles. The van der Waals surface area contributed by atoms with Gasteiger partial charge in [-0.05, 0) is 42.0 Å². The first-order valence-electron chi connectivity index (χ1n) is 10.5. The van der Waals surface area contributed by atoms with E-state index < -0.39 is 5.56 Å². The molecule has 9 heteroatoms. The number of benzene rings is 2. The predicted octanol–water partition coefficient (Wildman–Crippen LogP) is 5.07. The highest BCUT2D eigenvalue weighted by Crippen LogP contribution is 2.25. The minimum absolute atomic E-state index is 0.122. The first-order chi connectivity index (χ1) is 16.5. The van der Waals surface area contributed by atoms with Crippen molar-refractivity contribution in [2.45, 2.75) is 19.6 Å². The Morgan fingerprint density at radius 2 is 1.79 bits per heavy atom. The van der Waals surface area contributed by atoms with Crippen LogP contribution in [0.15, 0.2) is 82.4 Å². The summed E-state index contributed by atoms with van der Waals surface area (Å²) in [5.41, 5.74) is 2.28. The van der Waals surface area contributed by atoms with Crippen LogP contribution in [0.1, 0.15) is 11.3 Å². The van der Waals surface area contributed by atoms with Crippen LogP contribution in [0.2, 0.25) is 10.0 Å². The van der Waals surface area contributed by atoms with E-state index in [1.54, 1.807) is 35.4 Å². The first-order valence-corrected chi connectivity index (χ1v) is 11.2. The summed E-state index contributed by atoms with van der Waals surface area (Å²) in [6.07, 6.45) is 3.05. The molecule has 0 saturated heterocycles. The Hall–Kier alpha value is -3.68. The van der Waals surface area contributed by atoms with Crippen molar-refractivity contribution >= 4 is 51.2 Å². The maximum atomic E-state index is 13.4. The zero-order chi connectivity index (χ0) is 23.7. The lowest BCUT2D eigenvalue weighted by Gasteiger charge is -2.23. The van der Waals surface area contributed by atoms with Gasteiger partial charge in [-0.25, -0.2) is 4.98 Å². The zero-order valence-corrected chi connectivity index (χ0v) is 19.3. The first kappa shape index (κ1) is 22.1. The Kier molecular flexibility index (Phi) is 6.04. The number of carbonyl (C=O) groups excluding carboxylic acids is 1. The Bertz CT molecular complexity index is 1560. The van der Waals surface area contributed by atoms with Crippen LogP contribution in [0.3, 0.4) is 0 Å². The van der Waals surface area contributed by atoms with Gasteiger partial charge >= 0.3 is 0 Å². The van der Waals surface area contributed by atoms with E-state index in [4.69, 9.17) is 27.6 Å². The van der Waals surface area contributed by atoms with Gasteiger partial charge in [-0.1, -0.05) is 47.5 Å². The van der Waals surface area contributed by atoms with E-state index in [1.165, 1.54) is 10.9 Å². The molecule has 0 fully saturated rings. The maximum absolute atomic E-state index is 13.4. The number of pyridine rings is 1. The molecule has 0 aliphatic heterocycles. The van der Waals surface area contributed by atoms with Gasteiger partial charge in [0.25, 0.3) is 5.56 Å². The number of nitrogens with zero attached hydrogens (tertiary/aromatic N) is 4. The molecular formula is C25H18Cl2N4O3. The van der Waals surface area contributed by atoms with E-state index in [-0.39, 0.29) is 31.1 Å². The molecule has 1 amide bonds. The molecule has 0 bridgehead atoms. The molecule has 0 spiro atoms. The van der Waals surface area contributed by atoms with Gasteiger partial charge in [-0.15, -0.1) is 0 Å². The lowest BCUT2D eigenvalue weighted by atomic mass is 10.2. The number of para-hydroxylation sites is 1. The van der Waals surface area contributed by atoms with E-state index in [1.807, 2.05) is 36.4 Å². The van der Waals surface area contributed by atoms with Gasteiger partial charge in [0, 0.05) is 18.1 Å². The van der Waals surface area contributed by atoms with E-state index in [9.17, 15) is 9.59 Å². The quantitative estimate of drug-likeness (QED) is 0.330. The molecule has 170 valence electrons. The number of amides is 1. The zero-order valence-electron chi connectivity index (χ0n) is 17.8. The van der Waals surface area contributed by atoms with E-state index in [0.717, 1.165) is 10.9 Å². The van der Waals surface area contributed by atoms with Crippen molar-refractivity contribution in [3.63, 3.8) is 0 Å². The number of fused-ring (bicyclic) bond motifs is 3. The third-order valence-electron chi connectivity index (χ3n) is 5.45. The molecule has 7 nitrogen and oxygen atoms in total. The maximum Gasteiger partial charge on any atom is 0.297 e. The van der Waals surface area contributed by atoms with Gasteiger partial charge < -0.3 is 9.32 Å². The SMILES string of the molecule is O=C(Cn1cnc2c(oc3ccccc32)c1=O)N(Cc1ccc(Cl)c(Cl)c1)Cc1ccccn1. The second-order valence-electron chi connectivity index (χ2n) is 7.77. The highest BCUT2D eigenvalue weighted by molar-refractivity contribution is 6.42. The molecule has 5 aromatic rings. The van der Waals surface area contributed by atoms with Crippen LogP contribution in [0.5, 0.6) is 0 Å². The van der Waals surface area contributed by atoms with Crippen LogP contribution >= 0.6 is 23.2 Å². The van der Waals surface area contributed by atoms with Crippen LogP contribution < -0.4 is 5.56 Å². The normalized spacial score (nSPS) is 11.2. The lowest BCUT2D eigenvalue weighted by Crippen LogP contribution is -2.36. The molecule has 0 radical (unpaired) electrons. The molecule has 0 atom stereocenters. The van der Waals surface area contributed by atoms with E-state index in [2.05, 4.69) is 9.97 Å². The van der Waals surface area contributed by atoms with Crippen molar-refractivity contribution in [3.8, 4) is 0 Å². The van der Waals surface area contributed by atoms with E-state index in [0.29, 0.717) is 26.8 Å². The van der Waals surface area contributed by atoms with Crippen molar-refractivity contribution < 1.29 is 9.21 Å². The van der Waals surface area contributed by atoms with Gasteiger partial charge in [0.1, 0.15) is 17.6 Å². The molecule has 5 rings (SSSR count). The largest absolute Gasteiger partial charge is 0.448 e. The highest BCUT2D eigenvalue weighted by atomic mass is 35.5. The molecule has 0 saturated carbocycles. The lowest BCUT2D eigenvalue weighted by molar-refractivity contribution is -0.133. The standard InChI is InChI=1S/C25H18Cl2N4O3/c26-19-9-8-16(11-20(19)27)12-30(13-17-5-3-4-10-28-17)22(32)14-31-15-29-23-18-6-1-2-7-21(18)34-24(23)25(31)33/h1-11,15H,12-14H2. The van der Waals surface area contributed by atoms with Gasteiger partial charge in [-0.2, -0.15) is 0 Å². The number of hydrogen-bond donors (Lipinski definition) is 0. The summed E-state index contributed by atoms with van der Waals surface area (Å²) in [7, 11) is 0.